The maximum atomic E-state index is 3.53. The molecule has 0 aliphatic carbocycles. The lowest BCUT2D eigenvalue weighted by Crippen LogP contribution is -2.49. The van der Waals surface area contributed by atoms with Crippen molar-refractivity contribution in [3.05, 3.63) is 41.5 Å². The molecule has 1 aromatic heterocycles. The summed E-state index contributed by atoms with van der Waals surface area (Å²) < 4.78 is 2.54. The van der Waals surface area contributed by atoms with Crippen molar-refractivity contribution in [1.82, 2.24) is 14.8 Å². The second-order valence-corrected chi connectivity index (χ2v) is 8.14. The molecule has 26 heavy (non-hydrogen) atoms. The standard InChI is InChI=1S/C22H30BN3/c1-15-5-6-21-18(11-15)19-13-20(23)16(2)12-22(19)26(21)9-4-8-25-10-7-24-17(3)14-25/h5-6,11-13,17,24H,4,7-10,14,23H2,1-3H3. The molecule has 0 bridgehead atoms. The second-order valence-electron chi connectivity index (χ2n) is 8.14. The van der Waals surface area contributed by atoms with E-state index in [9.17, 15) is 0 Å². The van der Waals surface area contributed by atoms with Crippen LogP contribution >= 0.6 is 0 Å². The van der Waals surface area contributed by atoms with Gasteiger partial charge in [0, 0.05) is 54.0 Å². The van der Waals surface area contributed by atoms with Crippen LogP contribution < -0.4 is 10.8 Å². The van der Waals surface area contributed by atoms with Crippen LogP contribution in [-0.2, 0) is 6.54 Å². The fraction of sp³-hybridized carbons (Fsp3) is 0.455. The number of nitrogens with one attached hydrogen (secondary N) is 1. The van der Waals surface area contributed by atoms with Crippen molar-refractivity contribution in [2.75, 3.05) is 26.2 Å². The van der Waals surface area contributed by atoms with E-state index in [-0.39, 0.29) is 0 Å². The van der Waals surface area contributed by atoms with E-state index in [0.717, 1.165) is 13.1 Å². The summed E-state index contributed by atoms with van der Waals surface area (Å²) in [5, 5.41) is 6.34. The first-order chi connectivity index (χ1) is 12.5. The molecule has 4 rings (SSSR count). The average Bonchev–Trinajstić information content (AvgIpc) is 2.88. The highest BCUT2D eigenvalue weighted by Crippen LogP contribution is 2.30. The van der Waals surface area contributed by atoms with Gasteiger partial charge < -0.3 is 14.8 Å². The van der Waals surface area contributed by atoms with Crippen molar-refractivity contribution in [1.29, 1.82) is 0 Å². The molecule has 1 atom stereocenters. The molecule has 2 aromatic carbocycles. The highest BCUT2D eigenvalue weighted by atomic mass is 15.2. The lowest BCUT2D eigenvalue weighted by molar-refractivity contribution is 0.203. The third-order valence-corrected chi connectivity index (χ3v) is 5.94. The number of hydrogen-bond donors (Lipinski definition) is 1. The Hall–Kier alpha value is -1.78. The molecule has 4 heteroatoms. The van der Waals surface area contributed by atoms with Crippen LogP contribution in [0.5, 0.6) is 0 Å². The summed E-state index contributed by atoms with van der Waals surface area (Å²) >= 11 is 0. The van der Waals surface area contributed by atoms with Gasteiger partial charge >= 0.3 is 0 Å². The van der Waals surface area contributed by atoms with E-state index >= 15 is 0 Å². The van der Waals surface area contributed by atoms with Gasteiger partial charge in [-0.25, -0.2) is 0 Å². The van der Waals surface area contributed by atoms with E-state index in [2.05, 4.69) is 73.7 Å². The summed E-state index contributed by atoms with van der Waals surface area (Å²) in [5.74, 6) is 0. The summed E-state index contributed by atoms with van der Waals surface area (Å²) in [7, 11) is 2.22. The van der Waals surface area contributed by atoms with E-state index < -0.39 is 0 Å². The second kappa shape index (κ2) is 7.09. The Morgan fingerprint density at radius 2 is 1.88 bits per heavy atom. The molecule has 3 nitrogen and oxygen atoms in total. The van der Waals surface area contributed by atoms with Crippen LogP contribution in [0, 0.1) is 13.8 Å². The monoisotopic (exact) mass is 347 g/mol. The number of fused-ring (bicyclic) bond motifs is 3. The molecule has 3 aromatic rings. The minimum absolute atomic E-state index is 0.616. The summed E-state index contributed by atoms with van der Waals surface area (Å²) in [4.78, 5) is 2.61. The lowest BCUT2D eigenvalue weighted by Gasteiger charge is -2.31. The van der Waals surface area contributed by atoms with Crippen LogP contribution in [0.1, 0.15) is 24.5 Å². The minimum atomic E-state index is 0.616. The van der Waals surface area contributed by atoms with Gasteiger partial charge in [-0.1, -0.05) is 28.7 Å². The van der Waals surface area contributed by atoms with Gasteiger partial charge in [0.15, 0.2) is 0 Å². The fourth-order valence-corrected chi connectivity index (χ4v) is 4.38. The van der Waals surface area contributed by atoms with E-state index in [0.29, 0.717) is 6.04 Å². The summed E-state index contributed by atoms with van der Waals surface area (Å²) in [6, 6.07) is 12.3. The summed E-state index contributed by atoms with van der Waals surface area (Å²) in [6.45, 7) is 12.4. The van der Waals surface area contributed by atoms with Crippen LogP contribution in [-0.4, -0.2) is 49.5 Å². The third kappa shape index (κ3) is 3.28. The highest BCUT2D eigenvalue weighted by molar-refractivity contribution is 6.35. The molecular weight excluding hydrogens is 317 g/mol. The molecule has 1 aliphatic heterocycles. The maximum absolute atomic E-state index is 3.53. The van der Waals surface area contributed by atoms with Gasteiger partial charge in [-0.3, -0.25) is 0 Å². The van der Waals surface area contributed by atoms with Crippen molar-refractivity contribution in [3.63, 3.8) is 0 Å². The van der Waals surface area contributed by atoms with E-state index in [4.69, 9.17) is 0 Å². The number of hydrogen-bond acceptors (Lipinski definition) is 2. The molecule has 1 N–H and O–H groups in total. The van der Waals surface area contributed by atoms with Crippen LogP contribution in [0.2, 0.25) is 0 Å². The zero-order chi connectivity index (χ0) is 18.3. The highest BCUT2D eigenvalue weighted by Gasteiger charge is 2.16. The quantitative estimate of drug-likeness (QED) is 0.731. The van der Waals surface area contributed by atoms with Gasteiger partial charge in [0.2, 0.25) is 0 Å². The molecule has 0 radical (unpaired) electrons. The van der Waals surface area contributed by atoms with Crippen LogP contribution in [0.15, 0.2) is 30.3 Å². The SMILES string of the molecule is Bc1cc2c3cc(C)ccc3n(CCCN3CCNC(C)C3)c2cc1C. The normalized spacial score (nSPS) is 18.8. The average molecular weight is 347 g/mol. The fourth-order valence-electron chi connectivity index (χ4n) is 4.38. The number of piperazine rings is 1. The molecule has 1 aliphatic rings. The van der Waals surface area contributed by atoms with Crippen LogP contribution in [0.25, 0.3) is 21.8 Å². The summed E-state index contributed by atoms with van der Waals surface area (Å²) in [5.41, 5.74) is 6.87. The van der Waals surface area contributed by atoms with Gasteiger partial charge in [-0.15, -0.1) is 0 Å². The largest absolute Gasteiger partial charge is 0.340 e. The van der Waals surface area contributed by atoms with Crippen molar-refractivity contribution >= 4 is 35.1 Å². The first kappa shape index (κ1) is 17.6. The molecule has 1 fully saturated rings. The van der Waals surface area contributed by atoms with Gasteiger partial charge in [0.25, 0.3) is 0 Å². The van der Waals surface area contributed by atoms with Crippen LogP contribution in [0.4, 0.5) is 0 Å². The topological polar surface area (TPSA) is 20.2 Å². The minimum Gasteiger partial charge on any atom is -0.340 e. The molecular formula is C22H30BN3. The van der Waals surface area contributed by atoms with Crippen molar-refractivity contribution in [3.8, 4) is 0 Å². The van der Waals surface area contributed by atoms with Crippen molar-refractivity contribution in [2.24, 2.45) is 0 Å². The Balaban J connectivity index is 1.65. The molecule has 136 valence electrons. The zero-order valence-corrected chi connectivity index (χ0v) is 16.6. The molecule has 2 heterocycles. The number of benzene rings is 2. The number of aromatic nitrogens is 1. The van der Waals surface area contributed by atoms with Gasteiger partial charge in [-0.2, -0.15) is 0 Å². The Labute approximate surface area is 157 Å². The lowest BCUT2D eigenvalue weighted by atomic mass is 9.89. The van der Waals surface area contributed by atoms with E-state index in [1.54, 1.807) is 0 Å². The summed E-state index contributed by atoms with van der Waals surface area (Å²) in [6.07, 6.45) is 1.20. The molecule has 1 saturated heterocycles. The van der Waals surface area contributed by atoms with Crippen LogP contribution in [0.3, 0.4) is 0 Å². The Kier molecular flexibility index (Phi) is 4.81. The Bertz CT molecular complexity index is 944. The third-order valence-electron chi connectivity index (χ3n) is 5.94. The van der Waals surface area contributed by atoms with Crippen molar-refractivity contribution < 1.29 is 0 Å². The predicted octanol–water partition coefficient (Wildman–Crippen LogP) is 2.35. The zero-order valence-electron chi connectivity index (χ0n) is 16.6. The van der Waals surface area contributed by atoms with E-state index in [1.165, 1.54) is 64.5 Å². The smallest absolute Gasteiger partial charge is 0.139 e. The molecule has 0 spiro atoms. The number of aryl methyl sites for hydroxylation is 3. The molecule has 1 unspecified atom stereocenters. The van der Waals surface area contributed by atoms with Gasteiger partial charge in [0.1, 0.15) is 7.85 Å². The first-order valence-electron chi connectivity index (χ1n) is 9.98. The van der Waals surface area contributed by atoms with Crippen molar-refractivity contribution in [2.45, 2.75) is 39.8 Å². The first-order valence-corrected chi connectivity index (χ1v) is 9.98. The Morgan fingerprint density at radius 3 is 2.69 bits per heavy atom. The van der Waals surface area contributed by atoms with E-state index in [1.807, 2.05) is 0 Å². The van der Waals surface area contributed by atoms with Gasteiger partial charge in [-0.05, 0) is 51.9 Å². The molecule has 0 amide bonds. The Morgan fingerprint density at radius 1 is 1.08 bits per heavy atom. The predicted molar refractivity (Wildman–Crippen MR) is 116 cm³/mol. The molecule has 0 saturated carbocycles. The van der Waals surface area contributed by atoms with Gasteiger partial charge in [0.05, 0.1) is 0 Å². The maximum Gasteiger partial charge on any atom is 0.139 e. The number of nitrogens with zero attached hydrogens (tertiary/aromatic N) is 2. The number of rotatable bonds is 4.